The highest BCUT2D eigenvalue weighted by Gasteiger charge is 2.38. The minimum atomic E-state index is 0.0172. The van der Waals surface area contributed by atoms with Crippen molar-refractivity contribution in [2.45, 2.75) is 18.6 Å². The lowest BCUT2D eigenvalue weighted by Crippen LogP contribution is -2.60. The van der Waals surface area contributed by atoms with E-state index in [-0.39, 0.29) is 18.1 Å². The van der Waals surface area contributed by atoms with E-state index in [4.69, 9.17) is 21.1 Å². The van der Waals surface area contributed by atoms with E-state index < -0.39 is 0 Å². The number of halogens is 1. The first kappa shape index (κ1) is 15.6. The molecule has 2 fully saturated rings. The van der Waals surface area contributed by atoms with E-state index in [1.165, 1.54) is 0 Å². The average Bonchev–Trinajstić information content (AvgIpc) is 2.54. The molecule has 2 aliphatic rings. The van der Waals surface area contributed by atoms with Gasteiger partial charge in [-0.25, -0.2) is 0 Å². The second-order valence-corrected chi connectivity index (χ2v) is 6.28. The Kier molecular flexibility index (Phi) is 4.57. The van der Waals surface area contributed by atoms with Crippen molar-refractivity contribution in [1.82, 2.24) is 9.80 Å². The Morgan fingerprint density at radius 1 is 1.41 bits per heavy atom. The summed E-state index contributed by atoms with van der Waals surface area (Å²) in [5.74, 6) is 0.543. The second kappa shape index (κ2) is 6.44. The predicted octanol–water partition coefficient (Wildman–Crippen LogP) is 1.89. The zero-order valence-electron chi connectivity index (χ0n) is 12.9. The largest absolute Gasteiger partial charge is 0.495 e. The zero-order valence-corrected chi connectivity index (χ0v) is 13.7. The summed E-state index contributed by atoms with van der Waals surface area (Å²) in [5.41, 5.74) is 0.607. The number of methoxy groups -OCH3 is 1. The Morgan fingerprint density at radius 3 is 3.00 bits per heavy atom. The van der Waals surface area contributed by atoms with Crippen molar-refractivity contribution in [3.63, 3.8) is 0 Å². The van der Waals surface area contributed by atoms with Gasteiger partial charge in [0.05, 0.1) is 30.9 Å². The Bertz CT molecular complexity index is 566. The highest BCUT2D eigenvalue weighted by molar-refractivity contribution is 6.32. The Hall–Kier alpha value is -1.30. The van der Waals surface area contributed by atoms with Crippen LogP contribution >= 0.6 is 11.6 Å². The lowest BCUT2D eigenvalue weighted by atomic mass is 9.98. The van der Waals surface area contributed by atoms with Gasteiger partial charge in [-0.1, -0.05) is 11.6 Å². The van der Waals surface area contributed by atoms with Crippen molar-refractivity contribution in [3.05, 3.63) is 28.8 Å². The van der Waals surface area contributed by atoms with Gasteiger partial charge in [0.25, 0.3) is 5.91 Å². The van der Waals surface area contributed by atoms with E-state index in [2.05, 4.69) is 11.9 Å². The number of ether oxygens (including phenoxy) is 2. The second-order valence-electron chi connectivity index (χ2n) is 5.88. The van der Waals surface area contributed by atoms with E-state index in [1.807, 2.05) is 4.90 Å². The minimum absolute atomic E-state index is 0.0172. The van der Waals surface area contributed by atoms with Crippen LogP contribution < -0.4 is 4.74 Å². The molecular formula is C16H21ClN2O3. The van der Waals surface area contributed by atoms with E-state index >= 15 is 0 Å². The smallest absolute Gasteiger partial charge is 0.254 e. The molecule has 0 aliphatic carbocycles. The van der Waals surface area contributed by atoms with E-state index in [0.717, 1.165) is 19.5 Å². The number of nitrogens with zero attached hydrogens (tertiary/aromatic N) is 2. The molecule has 0 bridgehead atoms. The number of hydrogen-bond donors (Lipinski definition) is 0. The van der Waals surface area contributed by atoms with Gasteiger partial charge in [0.2, 0.25) is 0 Å². The number of carbonyl (C=O) groups is 1. The lowest BCUT2D eigenvalue weighted by molar-refractivity contribution is -0.0869. The highest BCUT2D eigenvalue weighted by Crippen LogP contribution is 2.28. The number of rotatable bonds is 2. The molecule has 0 radical (unpaired) electrons. The fourth-order valence-electron chi connectivity index (χ4n) is 3.24. The van der Waals surface area contributed by atoms with Crippen molar-refractivity contribution in [2.24, 2.45) is 0 Å². The quantitative estimate of drug-likeness (QED) is 0.833. The maximum atomic E-state index is 12.9. The standard InChI is InChI=1S/C16H21ClN2O3/c1-18-6-5-14-13(10-18)19(7-8-22-14)16(20)11-3-4-12(17)15(9-11)21-2/h3-4,9,13-14H,5-8,10H2,1-2H3/t13-,14+/m1/s1. The normalized spacial score (nSPS) is 25.7. The highest BCUT2D eigenvalue weighted by atomic mass is 35.5. The minimum Gasteiger partial charge on any atom is -0.495 e. The molecule has 2 atom stereocenters. The van der Waals surface area contributed by atoms with Crippen molar-refractivity contribution < 1.29 is 14.3 Å². The first-order valence-electron chi connectivity index (χ1n) is 7.55. The monoisotopic (exact) mass is 324 g/mol. The van der Waals surface area contributed by atoms with E-state index in [0.29, 0.717) is 29.5 Å². The van der Waals surface area contributed by atoms with Crippen molar-refractivity contribution in [1.29, 1.82) is 0 Å². The number of likely N-dealkylation sites (tertiary alicyclic amines) is 1. The molecule has 0 aromatic heterocycles. The van der Waals surface area contributed by atoms with Gasteiger partial charge in [0.1, 0.15) is 5.75 Å². The molecular weight excluding hydrogens is 304 g/mol. The summed E-state index contributed by atoms with van der Waals surface area (Å²) in [5, 5.41) is 0.510. The molecule has 2 saturated heterocycles. The van der Waals surface area contributed by atoms with Crippen LogP contribution in [0.4, 0.5) is 0 Å². The molecule has 0 spiro atoms. The number of hydrogen-bond acceptors (Lipinski definition) is 4. The van der Waals surface area contributed by atoms with Crippen LogP contribution in [0.3, 0.4) is 0 Å². The molecule has 0 unspecified atom stereocenters. The van der Waals surface area contributed by atoms with Gasteiger partial charge < -0.3 is 19.3 Å². The molecule has 0 N–H and O–H groups in total. The maximum absolute atomic E-state index is 12.9. The average molecular weight is 325 g/mol. The first-order valence-corrected chi connectivity index (χ1v) is 7.92. The van der Waals surface area contributed by atoms with E-state index in [1.54, 1.807) is 25.3 Å². The number of fused-ring (bicyclic) bond motifs is 1. The summed E-state index contributed by atoms with van der Waals surface area (Å²) in [4.78, 5) is 17.1. The predicted molar refractivity (Wildman–Crippen MR) is 84.7 cm³/mol. The molecule has 2 heterocycles. The van der Waals surface area contributed by atoms with Gasteiger partial charge in [-0.15, -0.1) is 0 Å². The fourth-order valence-corrected chi connectivity index (χ4v) is 3.44. The van der Waals surface area contributed by atoms with Gasteiger partial charge in [-0.05, 0) is 31.7 Å². The van der Waals surface area contributed by atoms with Crippen LogP contribution in [0.1, 0.15) is 16.8 Å². The maximum Gasteiger partial charge on any atom is 0.254 e. The molecule has 1 aromatic rings. The van der Waals surface area contributed by atoms with Crippen LogP contribution in [0.2, 0.25) is 5.02 Å². The topological polar surface area (TPSA) is 42.0 Å². The number of amides is 1. The molecule has 1 aromatic carbocycles. The van der Waals surface area contributed by atoms with Gasteiger partial charge in [-0.3, -0.25) is 4.79 Å². The number of morpholine rings is 1. The lowest BCUT2D eigenvalue weighted by Gasteiger charge is -2.46. The van der Waals surface area contributed by atoms with Crippen LogP contribution in [0.25, 0.3) is 0 Å². The molecule has 0 saturated carbocycles. The Labute approximate surface area is 135 Å². The van der Waals surface area contributed by atoms with Crippen LogP contribution in [0.15, 0.2) is 18.2 Å². The molecule has 22 heavy (non-hydrogen) atoms. The Morgan fingerprint density at radius 2 is 2.23 bits per heavy atom. The summed E-state index contributed by atoms with van der Waals surface area (Å²) in [6.45, 7) is 3.08. The van der Waals surface area contributed by atoms with Crippen LogP contribution in [-0.2, 0) is 4.74 Å². The molecule has 120 valence electrons. The summed E-state index contributed by atoms with van der Waals surface area (Å²) in [7, 11) is 3.63. The summed E-state index contributed by atoms with van der Waals surface area (Å²) < 4.78 is 11.1. The summed E-state index contributed by atoms with van der Waals surface area (Å²) in [6.07, 6.45) is 1.11. The third kappa shape index (κ3) is 2.93. The van der Waals surface area contributed by atoms with E-state index in [9.17, 15) is 4.79 Å². The van der Waals surface area contributed by atoms with Crippen LogP contribution in [-0.4, -0.2) is 68.3 Å². The number of likely N-dealkylation sites (N-methyl/N-ethyl adjacent to an activating group) is 1. The Balaban J connectivity index is 1.84. The SMILES string of the molecule is COc1cc(C(=O)N2CCO[C@H]3CCN(C)C[C@H]32)ccc1Cl. The van der Waals surface area contributed by atoms with Gasteiger partial charge in [0.15, 0.2) is 0 Å². The molecule has 1 amide bonds. The zero-order chi connectivity index (χ0) is 15.7. The fraction of sp³-hybridized carbons (Fsp3) is 0.562. The molecule has 2 aliphatic heterocycles. The summed E-state index contributed by atoms with van der Waals surface area (Å²) in [6, 6.07) is 5.28. The van der Waals surface area contributed by atoms with Crippen molar-refractivity contribution >= 4 is 17.5 Å². The van der Waals surface area contributed by atoms with Crippen molar-refractivity contribution in [2.75, 3.05) is 40.4 Å². The third-order valence-electron chi connectivity index (χ3n) is 4.45. The molecule has 3 rings (SSSR count). The van der Waals surface area contributed by atoms with Crippen LogP contribution in [0.5, 0.6) is 5.75 Å². The number of carbonyl (C=O) groups excluding carboxylic acids is 1. The number of piperidine rings is 1. The summed E-state index contributed by atoms with van der Waals surface area (Å²) >= 11 is 6.04. The van der Waals surface area contributed by atoms with Gasteiger partial charge in [-0.2, -0.15) is 0 Å². The third-order valence-corrected chi connectivity index (χ3v) is 4.76. The van der Waals surface area contributed by atoms with Crippen molar-refractivity contribution in [3.8, 4) is 5.75 Å². The molecule has 6 heteroatoms. The molecule has 5 nitrogen and oxygen atoms in total. The number of benzene rings is 1. The van der Waals surface area contributed by atoms with Crippen LogP contribution in [0, 0.1) is 0 Å². The first-order chi connectivity index (χ1) is 10.6. The van der Waals surface area contributed by atoms with Gasteiger partial charge >= 0.3 is 0 Å². The van der Waals surface area contributed by atoms with Gasteiger partial charge in [0, 0.05) is 25.2 Å².